The zero-order valence-corrected chi connectivity index (χ0v) is 14.2. The molecule has 0 spiro atoms. The number of amides is 2. The minimum atomic E-state index is -0.453. The summed E-state index contributed by atoms with van der Waals surface area (Å²) in [7, 11) is 0. The van der Waals surface area contributed by atoms with E-state index in [1.54, 1.807) is 23.0 Å². The maximum absolute atomic E-state index is 12.4. The maximum atomic E-state index is 12.4. The van der Waals surface area contributed by atoms with E-state index in [-0.39, 0.29) is 11.4 Å². The fourth-order valence-corrected chi connectivity index (χ4v) is 2.17. The molecular formula is C16H19ClN4O2. The molecule has 7 heteroatoms. The highest BCUT2D eigenvalue weighted by Crippen LogP contribution is 2.30. The summed E-state index contributed by atoms with van der Waals surface area (Å²) in [5.41, 5.74) is 5.79. The molecule has 2 aromatic rings. The van der Waals surface area contributed by atoms with Gasteiger partial charge in [-0.05, 0) is 26.8 Å². The van der Waals surface area contributed by atoms with E-state index < -0.39 is 5.91 Å². The summed E-state index contributed by atoms with van der Waals surface area (Å²) >= 11 is 6.24. The van der Waals surface area contributed by atoms with Gasteiger partial charge in [-0.1, -0.05) is 29.8 Å². The van der Waals surface area contributed by atoms with Crippen molar-refractivity contribution < 1.29 is 9.59 Å². The summed E-state index contributed by atoms with van der Waals surface area (Å²) in [4.78, 5) is 23.4. The van der Waals surface area contributed by atoms with Crippen molar-refractivity contribution in [2.24, 2.45) is 0 Å². The van der Waals surface area contributed by atoms with E-state index in [0.29, 0.717) is 21.8 Å². The standard InChI is InChI=1S/C16H19ClN4O2/c1-10(22)18-19-15(23)12-9-21(16(2,3)4)20-14(12)11-7-5-6-8-13(11)17/h5-9H,1-4H3,(H,18,22)(H,19,23). The van der Waals surface area contributed by atoms with E-state index in [9.17, 15) is 9.59 Å². The van der Waals surface area contributed by atoms with Crippen LogP contribution < -0.4 is 10.9 Å². The van der Waals surface area contributed by atoms with Gasteiger partial charge in [0, 0.05) is 18.7 Å². The Morgan fingerprint density at radius 3 is 2.39 bits per heavy atom. The predicted molar refractivity (Wildman–Crippen MR) is 89.0 cm³/mol. The number of benzene rings is 1. The van der Waals surface area contributed by atoms with Crippen molar-refractivity contribution in [3.63, 3.8) is 0 Å². The van der Waals surface area contributed by atoms with E-state index in [0.717, 1.165) is 0 Å². The second kappa shape index (κ2) is 6.42. The largest absolute Gasteiger partial charge is 0.274 e. The lowest BCUT2D eigenvalue weighted by Crippen LogP contribution is -2.40. The summed E-state index contributed by atoms with van der Waals surface area (Å²) in [6.07, 6.45) is 1.65. The van der Waals surface area contributed by atoms with Gasteiger partial charge in [-0.3, -0.25) is 25.1 Å². The quantitative estimate of drug-likeness (QED) is 0.829. The summed E-state index contributed by atoms with van der Waals surface area (Å²) in [6, 6.07) is 7.17. The number of nitrogens with zero attached hydrogens (tertiary/aromatic N) is 2. The van der Waals surface area contributed by atoms with Gasteiger partial charge in [0.25, 0.3) is 5.91 Å². The molecule has 6 nitrogen and oxygen atoms in total. The first-order valence-corrected chi connectivity index (χ1v) is 7.50. The summed E-state index contributed by atoms with van der Waals surface area (Å²) < 4.78 is 1.70. The molecule has 2 rings (SSSR count). The molecule has 0 aliphatic heterocycles. The van der Waals surface area contributed by atoms with Crippen LogP contribution in [0.4, 0.5) is 0 Å². The Bertz CT molecular complexity index is 747. The molecular weight excluding hydrogens is 316 g/mol. The van der Waals surface area contributed by atoms with Crippen molar-refractivity contribution in [1.29, 1.82) is 0 Å². The third-order valence-corrected chi connectivity index (χ3v) is 3.46. The number of hydrazine groups is 1. The minimum absolute atomic E-state index is 0.303. The molecule has 122 valence electrons. The Morgan fingerprint density at radius 2 is 1.83 bits per heavy atom. The lowest BCUT2D eigenvalue weighted by Gasteiger charge is -2.18. The zero-order valence-electron chi connectivity index (χ0n) is 13.5. The predicted octanol–water partition coefficient (Wildman–Crippen LogP) is 2.74. The van der Waals surface area contributed by atoms with E-state index in [1.807, 2.05) is 32.9 Å². The first kappa shape index (κ1) is 17.0. The molecule has 2 N–H and O–H groups in total. The Kier molecular flexibility index (Phi) is 4.75. The van der Waals surface area contributed by atoms with E-state index in [2.05, 4.69) is 16.0 Å². The van der Waals surface area contributed by atoms with Crippen LogP contribution in [0.3, 0.4) is 0 Å². The Balaban J connectivity index is 2.51. The third-order valence-electron chi connectivity index (χ3n) is 3.13. The number of carbonyl (C=O) groups excluding carboxylic acids is 2. The van der Waals surface area contributed by atoms with Gasteiger partial charge >= 0.3 is 0 Å². The molecule has 2 amide bonds. The number of hydrogen-bond acceptors (Lipinski definition) is 3. The molecule has 0 aliphatic carbocycles. The van der Waals surface area contributed by atoms with Gasteiger partial charge in [-0.25, -0.2) is 0 Å². The Morgan fingerprint density at radius 1 is 1.17 bits per heavy atom. The highest BCUT2D eigenvalue weighted by molar-refractivity contribution is 6.33. The smallest absolute Gasteiger partial charge is 0.273 e. The van der Waals surface area contributed by atoms with Gasteiger partial charge in [0.05, 0.1) is 16.1 Å². The highest BCUT2D eigenvalue weighted by Gasteiger charge is 2.24. The normalized spacial score (nSPS) is 11.2. The summed E-state index contributed by atoms with van der Waals surface area (Å²) in [6.45, 7) is 7.25. The van der Waals surface area contributed by atoms with Crippen LogP contribution in [0.5, 0.6) is 0 Å². The number of hydrogen-bond donors (Lipinski definition) is 2. The fraction of sp³-hybridized carbons (Fsp3) is 0.312. The molecule has 0 atom stereocenters. The van der Waals surface area contributed by atoms with Crippen molar-refractivity contribution in [3.8, 4) is 11.3 Å². The molecule has 23 heavy (non-hydrogen) atoms. The van der Waals surface area contributed by atoms with Gasteiger partial charge in [-0.15, -0.1) is 0 Å². The number of nitrogens with one attached hydrogen (secondary N) is 2. The van der Waals surface area contributed by atoms with E-state index >= 15 is 0 Å². The Hall–Kier alpha value is -2.34. The average Bonchev–Trinajstić information content (AvgIpc) is 2.90. The first-order valence-electron chi connectivity index (χ1n) is 7.12. The third kappa shape index (κ3) is 3.90. The van der Waals surface area contributed by atoms with E-state index in [1.165, 1.54) is 6.92 Å². The van der Waals surface area contributed by atoms with Crippen molar-refractivity contribution in [1.82, 2.24) is 20.6 Å². The monoisotopic (exact) mass is 334 g/mol. The first-order chi connectivity index (χ1) is 10.7. The Labute approximate surface area is 139 Å². The molecule has 1 aromatic heterocycles. The molecule has 0 unspecified atom stereocenters. The maximum Gasteiger partial charge on any atom is 0.273 e. The van der Waals surface area contributed by atoms with Crippen molar-refractivity contribution in [2.45, 2.75) is 33.2 Å². The molecule has 1 aromatic carbocycles. The van der Waals surface area contributed by atoms with Crippen molar-refractivity contribution in [2.75, 3.05) is 0 Å². The average molecular weight is 335 g/mol. The molecule has 0 aliphatic rings. The van der Waals surface area contributed by atoms with Crippen LogP contribution in [0.25, 0.3) is 11.3 Å². The molecule has 0 saturated carbocycles. The van der Waals surface area contributed by atoms with Gasteiger partial charge in [-0.2, -0.15) is 5.10 Å². The molecule has 1 heterocycles. The number of rotatable bonds is 2. The van der Waals surface area contributed by atoms with Gasteiger partial charge in [0.1, 0.15) is 5.69 Å². The van der Waals surface area contributed by atoms with Gasteiger partial charge < -0.3 is 0 Å². The fourth-order valence-electron chi connectivity index (χ4n) is 1.95. The molecule has 0 bridgehead atoms. The number of halogens is 1. The zero-order chi connectivity index (χ0) is 17.2. The summed E-state index contributed by atoms with van der Waals surface area (Å²) in [5.74, 6) is -0.813. The topological polar surface area (TPSA) is 76.0 Å². The van der Waals surface area contributed by atoms with Crippen LogP contribution in [0.15, 0.2) is 30.5 Å². The molecule has 0 fully saturated rings. The summed E-state index contributed by atoms with van der Waals surface area (Å²) in [5, 5.41) is 5.02. The second-order valence-corrected chi connectivity index (χ2v) is 6.53. The van der Waals surface area contributed by atoms with Crippen LogP contribution in [0.1, 0.15) is 38.1 Å². The van der Waals surface area contributed by atoms with Crippen LogP contribution in [0.2, 0.25) is 5.02 Å². The van der Waals surface area contributed by atoms with Gasteiger partial charge in [0.15, 0.2) is 0 Å². The van der Waals surface area contributed by atoms with Crippen molar-refractivity contribution in [3.05, 3.63) is 41.0 Å². The number of carbonyl (C=O) groups is 2. The minimum Gasteiger partial charge on any atom is -0.274 e. The van der Waals surface area contributed by atoms with Crippen LogP contribution >= 0.6 is 11.6 Å². The van der Waals surface area contributed by atoms with Crippen molar-refractivity contribution >= 4 is 23.4 Å². The second-order valence-electron chi connectivity index (χ2n) is 6.12. The van der Waals surface area contributed by atoms with Crippen LogP contribution in [-0.4, -0.2) is 21.6 Å². The van der Waals surface area contributed by atoms with E-state index in [4.69, 9.17) is 11.6 Å². The highest BCUT2D eigenvalue weighted by atomic mass is 35.5. The molecule has 0 radical (unpaired) electrons. The SMILES string of the molecule is CC(=O)NNC(=O)c1cn(C(C)(C)C)nc1-c1ccccc1Cl. The van der Waals surface area contributed by atoms with Gasteiger partial charge in [0.2, 0.25) is 5.91 Å². The lowest BCUT2D eigenvalue weighted by atomic mass is 10.1. The number of aromatic nitrogens is 2. The molecule has 0 saturated heterocycles. The van der Waals surface area contributed by atoms with Crippen LogP contribution in [0, 0.1) is 0 Å². The lowest BCUT2D eigenvalue weighted by molar-refractivity contribution is -0.119. The van der Waals surface area contributed by atoms with Crippen LogP contribution in [-0.2, 0) is 10.3 Å².